The molecule has 22 heavy (non-hydrogen) atoms. The molecule has 0 aromatic heterocycles. The highest BCUT2D eigenvalue weighted by Crippen LogP contribution is 2.43. The van der Waals surface area contributed by atoms with Crippen LogP contribution in [-0.4, -0.2) is 15.0 Å². The zero-order valence-corrected chi connectivity index (χ0v) is 14.2. The zero-order valence-electron chi connectivity index (χ0n) is 11.8. The maximum atomic E-state index is 13.1. The van der Waals surface area contributed by atoms with Gasteiger partial charge in [-0.05, 0) is 36.4 Å². The molecule has 116 valence electrons. The second-order valence-corrected chi connectivity index (χ2v) is 8.37. The molecule has 2 atom stereocenters. The molecule has 3 nitrogen and oxygen atoms in total. The fraction of sp³-hybridized carbons (Fsp3) is 0.250. The first-order valence-electron chi connectivity index (χ1n) is 6.81. The minimum atomic E-state index is -3.62. The molecule has 1 aliphatic rings. The number of fused-ring (bicyclic) bond motifs is 1. The molecule has 2 aromatic rings. The minimum absolute atomic E-state index is 0.126. The molecule has 2 aromatic carbocycles. The van der Waals surface area contributed by atoms with Gasteiger partial charge >= 0.3 is 0 Å². The number of rotatable bonds is 2. The van der Waals surface area contributed by atoms with Gasteiger partial charge in [0, 0.05) is 16.0 Å². The molecule has 0 bridgehead atoms. The molecular formula is C16H14BrFO3S. The van der Waals surface area contributed by atoms with Crippen LogP contribution in [0.2, 0.25) is 0 Å². The Bertz CT molecular complexity index is 803. The molecule has 1 aliphatic heterocycles. The average Bonchev–Trinajstić information content (AvgIpc) is 2.47. The average molecular weight is 385 g/mol. The van der Waals surface area contributed by atoms with Crippen LogP contribution >= 0.6 is 15.9 Å². The molecule has 0 spiro atoms. The van der Waals surface area contributed by atoms with Gasteiger partial charge in [0.1, 0.15) is 16.8 Å². The van der Waals surface area contributed by atoms with Crippen LogP contribution in [0.4, 0.5) is 4.39 Å². The van der Waals surface area contributed by atoms with Gasteiger partial charge in [-0.1, -0.05) is 28.9 Å². The molecule has 0 fully saturated rings. The Morgan fingerprint density at radius 3 is 2.55 bits per heavy atom. The Morgan fingerprint density at radius 1 is 1.18 bits per heavy atom. The van der Waals surface area contributed by atoms with E-state index < -0.39 is 20.9 Å². The summed E-state index contributed by atoms with van der Waals surface area (Å²) in [5.41, 5.74) is 0.645. The van der Waals surface area contributed by atoms with Crippen LogP contribution in [0.3, 0.4) is 0 Å². The van der Waals surface area contributed by atoms with Crippen LogP contribution in [0.5, 0.6) is 5.75 Å². The molecule has 1 heterocycles. The van der Waals surface area contributed by atoms with Crippen LogP contribution in [0.1, 0.15) is 17.7 Å². The second kappa shape index (κ2) is 5.66. The predicted octanol–water partition coefficient (Wildman–Crippen LogP) is 4.13. The van der Waals surface area contributed by atoms with Crippen molar-refractivity contribution in [1.82, 2.24) is 0 Å². The summed E-state index contributed by atoms with van der Waals surface area (Å²) in [5.74, 6) is -0.0739. The van der Waals surface area contributed by atoms with Gasteiger partial charge in [0.05, 0.1) is 11.5 Å². The molecule has 3 rings (SSSR count). The van der Waals surface area contributed by atoms with Crippen molar-refractivity contribution in [1.29, 1.82) is 0 Å². The highest BCUT2D eigenvalue weighted by Gasteiger charge is 2.39. The van der Waals surface area contributed by atoms with Gasteiger partial charge in [-0.25, -0.2) is 12.8 Å². The molecular weight excluding hydrogens is 371 g/mol. The highest BCUT2D eigenvalue weighted by atomic mass is 79.9. The van der Waals surface area contributed by atoms with Crippen LogP contribution in [0.25, 0.3) is 0 Å². The van der Waals surface area contributed by atoms with Gasteiger partial charge in [0.2, 0.25) is 0 Å². The number of benzene rings is 2. The Kier molecular flexibility index (Phi) is 3.99. The van der Waals surface area contributed by atoms with E-state index in [1.165, 1.54) is 24.3 Å². The quantitative estimate of drug-likeness (QED) is 0.731. The van der Waals surface area contributed by atoms with Gasteiger partial charge in [-0.2, -0.15) is 0 Å². The van der Waals surface area contributed by atoms with E-state index in [9.17, 15) is 12.8 Å². The number of hydrogen-bond acceptors (Lipinski definition) is 3. The summed E-state index contributed by atoms with van der Waals surface area (Å²) < 4.78 is 45.5. The van der Waals surface area contributed by atoms with E-state index in [1.54, 1.807) is 18.2 Å². The first-order valence-corrected chi connectivity index (χ1v) is 9.15. The van der Waals surface area contributed by atoms with Crippen LogP contribution < -0.4 is 4.74 Å². The SMILES string of the molecule is CC1COc2cc(Br)ccc2C1S(=O)(=O)c1ccc(F)cc1. The summed E-state index contributed by atoms with van der Waals surface area (Å²) in [7, 11) is -3.62. The van der Waals surface area contributed by atoms with Gasteiger partial charge in [-0.3, -0.25) is 0 Å². The molecule has 0 radical (unpaired) electrons. The topological polar surface area (TPSA) is 43.4 Å². The number of halogens is 2. The summed E-state index contributed by atoms with van der Waals surface area (Å²) in [6, 6.07) is 10.3. The summed E-state index contributed by atoms with van der Waals surface area (Å²) in [6.45, 7) is 2.17. The Balaban J connectivity index is 2.12. The van der Waals surface area contributed by atoms with Gasteiger partial charge in [0.25, 0.3) is 0 Å². The molecule has 6 heteroatoms. The number of sulfone groups is 1. The lowest BCUT2D eigenvalue weighted by molar-refractivity contribution is 0.227. The number of ether oxygens (including phenoxy) is 1. The van der Waals surface area contributed by atoms with Crippen molar-refractivity contribution in [3.8, 4) is 5.75 Å². The number of hydrogen-bond donors (Lipinski definition) is 0. The first-order chi connectivity index (χ1) is 10.4. The largest absolute Gasteiger partial charge is 0.493 e. The Labute approximate surface area is 137 Å². The van der Waals surface area contributed by atoms with E-state index in [4.69, 9.17) is 4.74 Å². The normalized spacial score (nSPS) is 21.0. The van der Waals surface area contributed by atoms with E-state index in [2.05, 4.69) is 15.9 Å². The fourth-order valence-corrected chi connectivity index (χ4v) is 5.10. The van der Waals surface area contributed by atoms with Crippen molar-refractivity contribution >= 4 is 25.8 Å². The highest BCUT2D eigenvalue weighted by molar-refractivity contribution is 9.10. The molecule has 0 aliphatic carbocycles. The molecule has 0 saturated carbocycles. The monoisotopic (exact) mass is 384 g/mol. The summed E-state index contributed by atoms with van der Waals surface area (Å²) in [5, 5.41) is -0.699. The van der Waals surface area contributed by atoms with E-state index >= 15 is 0 Å². The van der Waals surface area contributed by atoms with Gasteiger partial charge in [-0.15, -0.1) is 0 Å². The maximum absolute atomic E-state index is 13.1. The first kappa shape index (κ1) is 15.5. The van der Waals surface area contributed by atoms with E-state index in [0.29, 0.717) is 17.9 Å². The van der Waals surface area contributed by atoms with Crippen LogP contribution in [0, 0.1) is 11.7 Å². The van der Waals surface area contributed by atoms with Crippen molar-refractivity contribution < 1.29 is 17.5 Å². The third-order valence-corrected chi connectivity index (χ3v) is 6.59. The summed E-state index contributed by atoms with van der Waals surface area (Å²) in [6.07, 6.45) is 0. The van der Waals surface area contributed by atoms with E-state index in [-0.39, 0.29) is 10.8 Å². The Morgan fingerprint density at radius 2 is 1.86 bits per heavy atom. The zero-order chi connectivity index (χ0) is 15.9. The molecule has 0 N–H and O–H groups in total. The third-order valence-electron chi connectivity index (χ3n) is 3.78. The van der Waals surface area contributed by atoms with Crippen molar-refractivity contribution in [2.75, 3.05) is 6.61 Å². The van der Waals surface area contributed by atoms with Crippen molar-refractivity contribution in [2.45, 2.75) is 17.1 Å². The summed E-state index contributed by atoms with van der Waals surface area (Å²) >= 11 is 3.36. The Hall–Kier alpha value is -1.40. The maximum Gasteiger partial charge on any atom is 0.185 e. The molecule has 2 unspecified atom stereocenters. The van der Waals surface area contributed by atoms with E-state index in [1.807, 2.05) is 6.92 Å². The second-order valence-electron chi connectivity index (χ2n) is 5.39. The van der Waals surface area contributed by atoms with E-state index in [0.717, 1.165) is 4.47 Å². The lowest BCUT2D eigenvalue weighted by Crippen LogP contribution is -2.29. The lowest BCUT2D eigenvalue weighted by atomic mass is 9.98. The molecule has 0 amide bonds. The smallest absolute Gasteiger partial charge is 0.185 e. The standard InChI is InChI=1S/C16H14BrFO3S/c1-10-9-21-15-8-11(17)2-7-14(15)16(10)22(19,20)13-5-3-12(18)4-6-13/h2-8,10,16H,9H2,1H3. The van der Waals surface area contributed by atoms with Crippen molar-refractivity contribution in [2.24, 2.45) is 5.92 Å². The van der Waals surface area contributed by atoms with Crippen molar-refractivity contribution in [3.63, 3.8) is 0 Å². The van der Waals surface area contributed by atoms with Crippen LogP contribution in [0.15, 0.2) is 51.8 Å². The van der Waals surface area contributed by atoms with Crippen molar-refractivity contribution in [3.05, 3.63) is 58.3 Å². The van der Waals surface area contributed by atoms with Gasteiger partial charge < -0.3 is 4.74 Å². The predicted molar refractivity (Wildman–Crippen MR) is 85.1 cm³/mol. The lowest BCUT2D eigenvalue weighted by Gasteiger charge is -2.31. The third kappa shape index (κ3) is 2.65. The fourth-order valence-electron chi connectivity index (χ4n) is 2.73. The minimum Gasteiger partial charge on any atom is -0.493 e. The van der Waals surface area contributed by atoms with Crippen LogP contribution in [-0.2, 0) is 9.84 Å². The molecule has 0 saturated heterocycles. The van der Waals surface area contributed by atoms with Gasteiger partial charge in [0.15, 0.2) is 9.84 Å². The summed E-state index contributed by atoms with van der Waals surface area (Å²) in [4.78, 5) is 0.126.